The average Bonchev–Trinajstić information content (AvgIpc) is 1.53. The van der Waals surface area contributed by atoms with Crippen LogP contribution in [0.4, 0.5) is 0 Å². The first-order chi connectivity index (χ1) is 43.6. The first-order valence-corrected chi connectivity index (χ1v) is 32.8. The van der Waals surface area contributed by atoms with Gasteiger partial charge in [-0.3, -0.25) is 0 Å². The van der Waals surface area contributed by atoms with Crippen LogP contribution in [0.3, 0.4) is 0 Å². The third kappa shape index (κ3) is 7.25. The molecule has 0 aromatic heterocycles. The van der Waals surface area contributed by atoms with Gasteiger partial charge in [-0.15, -0.1) is 0 Å². The minimum atomic E-state index is 0.104. The minimum Gasteiger partial charge on any atom is -0.0619 e. The van der Waals surface area contributed by atoms with Crippen molar-refractivity contribution in [3.8, 4) is 66.8 Å². The molecule has 0 bridgehead atoms. The van der Waals surface area contributed by atoms with Crippen molar-refractivity contribution >= 4 is 11.1 Å². The lowest BCUT2D eigenvalue weighted by Crippen LogP contribution is -2.06. The topological polar surface area (TPSA) is 0 Å². The molecule has 0 radical (unpaired) electrons. The van der Waals surface area contributed by atoms with Crippen LogP contribution in [-0.2, 0) is 0 Å². The molecule has 0 heterocycles. The first-order valence-electron chi connectivity index (χ1n) is 32.8. The van der Waals surface area contributed by atoms with Crippen LogP contribution in [0, 0.1) is 83.1 Å². The number of fused-ring (bicyclic) bond motifs is 18. The Kier molecular flexibility index (Phi) is 11.3. The lowest BCUT2D eigenvalue weighted by atomic mass is 9.82. The molecule has 4 atom stereocenters. The van der Waals surface area contributed by atoms with Crippen LogP contribution in [0.25, 0.3) is 77.9 Å². The lowest BCUT2D eigenvalue weighted by Gasteiger charge is -2.22. The van der Waals surface area contributed by atoms with Crippen molar-refractivity contribution in [2.24, 2.45) is 0 Å². The molecule has 0 nitrogen and oxygen atoms in total. The molecule has 0 saturated heterocycles. The van der Waals surface area contributed by atoms with Crippen LogP contribution in [0.2, 0.25) is 0 Å². The predicted octanol–water partition coefficient (Wildman–Crippen LogP) is 23.0. The summed E-state index contributed by atoms with van der Waals surface area (Å²) in [6.07, 6.45) is 0. The van der Waals surface area contributed by atoms with E-state index in [1.807, 2.05) is 0 Å². The molecule has 0 heteroatoms. The second-order valence-electron chi connectivity index (χ2n) is 28.0. The van der Waals surface area contributed by atoms with E-state index in [1.165, 1.54) is 234 Å². The summed E-state index contributed by atoms with van der Waals surface area (Å²) < 4.78 is 0. The summed E-state index contributed by atoms with van der Waals surface area (Å²) >= 11 is 0. The molecule has 0 N–H and O–H groups in total. The van der Waals surface area contributed by atoms with Crippen LogP contribution in [0.5, 0.6) is 0 Å². The Labute approximate surface area is 531 Å². The molecular weight excluding hydrogens is 1080 g/mol. The van der Waals surface area contributed by atoms with Gasteiger partial charge < -0.3 is 0 Å². The van der Waals surface area contributed by atoms with Gasteiger partial charge in [0.1, 0.15) is 0 Å². The number of hydrogen-bond donors (Lipinski definition) is 0. The summed E-state index contributed by atoms with van der Waals surface area (Å²) in [5.41, 5.74) is 57.3. The maximum absolute atomic E-state index is 2.68. The Morgan fingerprint density at radius 3 is 0.556 bits per heavy atom. The fourth-order valence-electron chi connectivity index (χ4n) is 19.4. The summed E-state index contributed by atoms with van der Waals surface area (Å²) in [7, 11) is 0. The smallest absolute Gasteiger partial charge is 0.0357 e. The van der Waals surface area contributed by atoms with Crippen LogP contribution < -0.4 is 0 Å². The monoisotopic (exact) mass is 1150 g/mol. The van der Waals surface area contributed by atoms with Crippen LogP contribution in [0.15, 0.2) is 194 Å². The highest BCUT2D eigenvalue weighted by atomic mass is 14.5. The van der Waals surface area contributed by atoms with Crippen molar-refractivity contribution in [3.05, 3.63) is 350 Å². The van der Waals surface area contributed by atoms with Crippen LogP contribution in [0.1, 0.15) is 179 Å². The van der Waals surface area contributed by atoms with Gasteiger partial charge in [-0.05, 0) is 343 Å². The Hall–Kier alpha value is -9.62. The normalized spacial score (nSPS) is 16.8. The Morgan fingerprint density at radius 2 is 0.356 bits per heavy atom. The van der Waals surface area contributed by atoms with Crippen molar-refractivity contribution in [2.75, 3.05) is 0 Å². The summed E-state index contributed by atoms with van der Waals surface area (Å²) in [5, 5.41) is 0. The van der Waals surface area contributed by atoms with Crippen molar-refractivity contribution in [1.82, 2.24) is 0 Å². The quantitative estimate of drug-likeness (QED) is 0.165. The molecule has 432 valence electrons. The van der Waals surface area contributed by atoms with E-state index < -0.39 is 0 Å². The van der Waals surface area contributed by atoms with Gasteiger partial charge in [0, 0.05) is 23.7 Å². The third-order valence-corrected chi connectivity index (χ3v) is 22.3. The lowest BCUT2D eigenvalue weighted by molar-refractivity contribution is 0.974. The zero-order valence-electron chi connectivity index (χ0n) is 53.8. The molecule has 0 fully saturated rings. The molecule has 0 saturated carbocycles. The molecule has 0 spiro atoms. The maximum atomic E-state index is 2.68. The van der Waals surface area contributed by atoms with Crippen molar-refractivity contribution < 1.29 is 0 Å². The minimum absolute atomic E-state index is 0.104. The van der Waals surface area contributed by atoms with Gasteiger partial charge in [-0.25, -0.2) is 0 Å². The van der Waals surface area contributed by atoms with E-state index in [0.717, 1.165) is 0 Å². The first kappa shape index (κ1) is 53.4. The highest BCUT2D eigenvalue weighted by Crippen LogP contribution is 2.64. The van der Waals surface area contributed by atoms with Crippen molar-refractivity contribution in [3.63, 3.8) is 0 Å². The van der Waals surface area contributed by atoms with Gasteiger partial charge in [0.05, 0.1) is 0 Å². The number of hydrogen-bond acceptors (Lipinski definition) is 0. The zero-order valence-corrected chi connectivity index (χ0v) is 53.8. The van der Waals surface area contributed by atoms with Gasteiger partial charge in [0.15, 0.2) is 0 Å². The summed E-state index contributed by atoms with van der Waals surface area (Å²) in [6, 6.07) is 78.0. The highest BCUT2D eigenvalue weighted by Gasteiger charge is 2.44. The Bertz CT molecular complexity index is 4580. The second kappa shape index (κ2) is 19.0. The summed E-state index contributed by atoms with van der Waals surface area (Å²) in [4.78, 5) is 0. The molecular formula is C90H72. The molecule has 0 aliphatic heterocycles. The van der Waals surface area contributed by atoms with E-state index in [4.69, 9.17) is 0 Å². The van der Waals surface area contributed by atoms with E-state index >= 15 is 0 Å². The fraction of sp³-hybridized carbons (Fsp3) is 0.178. The number of rotatable bonds is 4. The van der Waals surface area contributed by atoms with Crippen molar-refractivity contribution in [1.29, 1.82) is 0 Å². The SMILES string of the molecule is Cc1cc(C)c(C2c3ccccc3-c3cc4c(cc32)-c2cc3c(cc2C4=C2c4cc5c(cc4-c4cc6c(cc42)-c2ccccc2C6c2c(C)cc(C)cc2C)C(c2c(C)cc(C)cc2C)c2ccccc2-5)-c2ccccc2C3c2c(C)cc(C)cc2C)c(C)c1. The Morgan fingerprint density at radius 1 is 0.167 bits per heavy atom. The van der Waals surface area contributed by atoms with E-state index in [2.05, 4.69) is 277 Å². The van der Waals surface area contributed by atoms with E-state index in [9.17, 15) is 0 Å². The third-order valence-electron chi connectivity index (χ3n) is 22.3. The molecule has 18 rings (SSSR count). The zero-order chi connectivity index (χ0) is 61.2. The molecule has 4 unspecified atom stereocenters. The predicted molar refractivity (Wildman–Crippen MR) is 377 cm³/mol. The standard InChI is InChI=1S/C90H72/c1-45-29-49(5)81(50(6)30-45)85-61-25-17-13-21-57(61)65-37-77-69(41-73(65)85)70-42-74-66(58-22-14-18-26-62(58)86(74)82-51(7)31-46(2)32-52(82)8)38-78(70)89(77)90-79-39-67-59-23-15-19-27-63(59)87(83-53(9)33-47(3)34-54(83)10)75(67)43-71(79)72-44-76-68(40-80(72)90)60-24-16-20-28-64(60)88(76)84-55(11)35-48(4)36-56(84)12/h13-44,85-88H,1-12H3. The maximum Gasteiger partial charge on any atom is 0.0357 e. The van der Waals surface area contributed by atoms with Gasteiger partial charge in [0.2, 0.25) is 0 Å². The fourth-order valence-corrected chi connectivity index (χ4v) is 19.4. The second-order valence-corrected chi connectivity index (χ2v) is 28.0. The van der Waals surface area contributed by atoms with Crippen LogP contribution >= 0.6 is 0 Å². The van der Waals surface area contributed by atoms with Crippen molar-refractivity contribution in [2.45, 2.75) is 107 Å². The number of benzene rings is 12. The van der Waals surface area contributed by atoms with Gasteiger partial charge in [-0.1, -0.05) is 168 Å². The highest BCUT2D eigenvalue weighted by molar-refractivity contribution is 6.21. The van der Waals surface area contributed by atoms with Gasteiger partial charge in [0.25, 0.3) is 0 Å². The Balaban J connectivity index is 0.986. The average molecular weight is 1150 g/mol. The molecule has 90 heavy (non-hydrogen) atoms. The largest absolute Gasteiger partial charge is 0.0619 e. The molecule has 12 aromatic carbocycles. The summed E-state index contributed by atoms with van der Waals surface area (Å²) in [6.45, 7) is 27.7. The van der Waals surface area contributed by atoms with E-state index in [1.54, 1.807) is 0 Å². The molecule has 0 amide bonds. The molecule has 12 aromatic rings. The van der Waals surface area contributed by atoms with Gasteiger partial charge in [-0.2, -0.15) is 0 Å². The molecule has 6 aliphatic carbocycles. The number of aryl methyl sites for hydroxylation is 12. The van der Waals surface area contributed by atoms with Crippen LogP contribution in [-0.4, -0.2) is 0 Å². The van der Waals surface area contributed by atoms with E-state index in [0.29, 0.717) is 0 Å². The van der Waals surface area contributed by atoms with Gasteiger partial charge >= 0.3 is 0 Å². The summed E-state index contributed by atoms with van der Waals surface area (Å²) in [5.74, 6) is 0.416. The molecule has 6 aliphatic rings. The van der Waals surface area contributed by atoms with E-state index in [-0.39, 0.29) is 23.7 Å².